The monoisotopic (exact) mass is 403 g/mol. The van der Waals surface area contributed by atoms with Gasteiger partial charge in [0.05, 0.1) is 23.1 Å². The maximum Gasteiger partial charge on any atom is 0.253 e. The number of hydrogen-bond donors (Lipinski definition) is 2. The van der Waals surface area contributed by atoms with Crippen molar-refractivity contribution in [2.45, 2.75) is 32.7 Å². The first-order chi connectivity index (χ1) is 14.5. The van der Waals surface area contributed by atoms with E-state index < -0.39 is 0 Å². The Morgan fingerprint density at radius 3 is 2.77 bits per heavy atom. The Morgan fingerprint density at radius 2 is 1.97 bits per heavy atom. The predicted molar refractivity (Wildman–Crippen MR) is 116 cm³/mol. The highest BCUT2D eigenvalue weighted by molar-refractivity contribution is 6.09. The lowest BCUT2D eigenvalue weighted by Gasteiger charge is -2.23. The maximum atomic E-state index is 13.0. The van der Waals surface area contributed by atoms with E-state index >= 15 is 0 Å². The Kier molecular flexibility index (Phi) is 4.51. The summed E-state index contributed by atoms with van der Waals surface area (Å²) in [5, 5.41) is 16.8. The molecule has 0 radical (unpaired) electrons. The van der Waals surface area contributed by atoms with Crippen LogP contribution in [0.15, 0.2) is 30.6 Å². The first-order valence-corrected chi connectivity index (χ1v) is 10.3. The van der Waals surface area contributed by atoms with Crippen LogP contribution in [-0.4, -0.2) is 49.4 Å². The van der Waals surface area contributed by atoms with Gasteiger partial charge in [0, 0.05) is 30.2 Å². The molecule has 1 fully saturated rings. The molecule has 154 valence electrons. The molecule has 5 rings (SSSR count). The second-order valence-corrected chi connectivity index (χ2v) is 8.09. The van der Waals surface area contributed by atoms with Crippen molar-refractivity contribution in [3.8, 4) is 11.3 Å². The fourth-order valence-electron chi connectivity index (χ4n) is 4.23. The Bertz CT molecular complexity index is 1260. The molecule has 1 amide bonds. The summed E-state index contributed by atoms with van der Waals surface area (Å²) >= 11 is 0. The predicted octanol–water partition coefficient (Wildman–Crippen LogP) is 2.38. The summed E-state index contributed by atoms with van der Waals surface area (Å²) in [5.74, 6) is -0.0676. The molecule has 3 aromatic heterocycles. The Balaban J connectivity index is 1.58. The lowest BCUT2D eigenvalue weighted by atomic mass is 10.0. The quantitative estimate of drug-likeness (QED) is 0.548. The SMILES string of the molecule is Cc1cn2nc(-c3ccc(C(=O)NC4CCNCC4)c4nn(C)cc34)cc(C)c2n1. The molecule has 1 aliphatic rings. The summed E-state index contributed by atoms with van der Waals surface area (Å²) < 4.78 is 3.57. The van der Waals surface area contributed by atoms with Gasteiger partial charge in [-0.25, -0.2) is 9.50 Å². The highest BCUT2D eigenvalue weighted by atomic mass is 16.1. The Morgan fingerprint density at radius 1 is 1.17 bits per heavy atom. The number of amides is 1. The van der Waals surface area contributed by atoms with E-state index in [1.54, 1.807) is 4.68 Å². The van der Waals surface area contributed by atoms with Gasteiger partial charge in [0.1, 0.15) is 5.52 Å². The third kappa shape index (κ3) is 3.23. The van der Waals surface area contributed by atoms with Crippen LogP contribution >= 0.6 is 0 Å². The second-order valence-electron chi connectivity index (χ2n) is 8.09. The van der Waals surface area contributed by atoms with Crippen molar-refractivity contribution in [1.29, 1.82) is 0 Å². The Labute approximate surface area is 174 Å². The van der Waals surface area contributed by atoms with Gasteiger partial charge in [0.25, 0.3) is 5.91 Å². The van der Waals surface area contributed by atoms with E-state index in [0.29, 0.717) is 11.1 Å². The number of carbonyl (C=O) groups excluding carboxylic acids is 1. The first-order valence-electron chi connectivity index (χ1n) is 10.3. The highest BCUT2D eigenvalue weighted by Crippen LogP contribution is 2.30. The summed E-state index contributed by atoms with van der Waals surface area (Å²) in [6.45, 7) is 5.87. The summed E-state index contributed by atoms with van der Waals surface area (Å²) in [6.07, 6.45) is 5.77. The molecule has 0 saturated carbocycles. The molecule has 1 aromatic carbocycles. The highest BCUT2D eigenvalue weighted by Gasteiger charge is 2.21. The molecule has 0 atom stereocenters. The first kappa shape index (κ1) is 18.7. The van der Waals surface area contributed by atoms with Gasteiger partial charge in [0.15, 0.2) is 5.65 Å². The van der Waals surface area contributed by atoms with Crippen molar-refractivity contribution in [1.82, 2.24) is 35.0 Å². The number of aryl methyl sites for hydroxylation is 3. The van der Waals surface area contributed by atoms with Crippen LogP contribution in [0, 0.1) is 13.8 Å². The molecule has 0 spiro atoms. The molecular formula is C22H25N7O. The number of aromatic nitrogens is 5. The zero-order chi connectivity index (χ0) is 20.8. The molecule has 30 heavy (non-hydrogen) atoms. The number of rotatable bonds is 3. The molecule has 0 unspecified atom stereocenters. The van der Waals surface area contributed by atoms with Crippen molar-refractivity contribution < 1.29 is 4.79 Å². The average molecular weight is 403 g/mol. The van der Waals surface area contributed by atoms with Crippen molar-refractivity contribution in [2.75, 3.05) is 13.1 Å². The molecule has 8 heteroatoms. The van der Waals surface area contributed by atoms with Gasteiger partial charge in [-0.15, -0.1) is 0 Å². The van der Waals surface area contributed by atoms with E-state index in [1.165, 1.54) is 0 Å². The second kappa shape index (κ2) is 7.21. The average Bonchev–Trinajstić information content (AvgIpc) is 3.29. The van der Waals surface area contributed by atoms with E-state index in [9.17, 15) is 4.79 Å². The van der Waals surface area contributed by atoms with E-state index in [0.717, 1.165) is 59.5 Å². The molecule has 2 N–H and O–H groups in total. The molecule has 1 aliphatic heterocycles. The number of nitrogens with one attached hydrogen (secondary N) is 2. The maximum absolute atomic E-state index is 13.0. The van der Waals surface area contributed by atoms with Crippen LogP contribution in [0.5, 0.6) is 0 Å². The lowest BCUT2D eigenvalue weighted by Crippen LogP contribution is -2.42. The number of nitrogens with zero attached hydrogens (tertiary/aromatic N) is 5. The normalized spacial score (nSPS) is 15.2. The van der Waals surface area contributed by atoms with Crippen LogP contribution in [0.3, 0.4) is 0 Å². The summed E-state index contributed by atoms with van der Waals surface area (Å²) in [5.41, 5.74) is 5.93. The van der Waals surface area contributed by atoms with Crippen LogP contribution in [0.2, 0.25) is 0 Å². The summed E-state index contributed by atoms with van der Waals surface area (Å²) in [4.78, 5) is 17.5. The van der Waals surface area contributed by atoms with E-state index in [2.05, 4.69) is 20.7 Å². The minimum absolute atomic E-state index is 0.0676. The van der Waals surface area contributed by atoms with E-state index in [1.807, 2.05) is 56.0 Å². The zero-order valence-electron chi connectivity index (χ0n) is 17.4. The molecule has 0 bridgehead atoms. The number of benzene rings is 1. The van der Waals surface area contributed by atoms with Crippen molar-refractivity contribution in [2.24, 2.45) is 7.05 Å². The number of carbonyl (C=O) groups is 1. The molecule has 0 aliphatic carbocycles. The van der Waals surface area contributed by atoms with Gasteiger partial charge >= 0.3 is 0 Å². The van der Waals surface area contributed by atoms with Crippen LogP contribution < -0.4 is 10.6 Å². The minimum atomic E-state index is -0.0676. The number of fused-ring (bicyclic) bond motifs is 2. The fraction of sp³-hybridized carbons (Fsp3) is 0.364. The van der Waals surface area contributed by atoms with Crippen molar-refractivity contribution >= 4 is 22.5 Å². The summed E-state index contributed by atoms with van der Waals surface area (Å²) in [7, 11) is 1.87. The van der Waals surface area contributed by atoms with Gasteiger partial charge in [0.2, 0.25) is 0 Å². The molecule has 1 saturated heterocycles. The standard InChI is InChI=1S/C22H25N7O/c1-13-10-19(26-29-11-14(2)24-21(13)29)16-4-5-17(20-18(16)12-28(3)27-20)22(30)25-15-6-8-23-9-7-15/h4-5,10-12,15,23H,6-9H2,1-3H3,(H,25,30). The van der Waals surface area contributed by atoms with Crippen molar-refractivity contribution in [3.05, 3.63) is 47.4 Å². The number of imidazole rings is 1. The van der Waals surface area contributed by atoms with Gasteiger partial charge in [-0.3, -0.25) is 9.48 Å². The minimum Gasteiger partial charge on any atom is -0.349 e. The van der Waals surface area contributed by atoms with Crippen LogP contribution in [-0.2, 0) is 7.05 Å². The third-order valence-electron chi connectivity index (χ3n) is 5.72. The Hall–Kier alpha value is -3.26. The van der Waals surface area contributed by atoms with Crippen LogP contribution in [0.4, 0.5) is 0 Å². The van der Waals surface area contributed by atoms with E-state index in [4.69, 9.17) is 5.10 Å². The largest absolute Gasteiger partial charge is 0.349 e. The summed E-state index contributed by atoms with van der Waals surface area (Å²) in [6, 6.07) is 6.08. The molecule has 8 nitrogen and oxygen atoms in total. The van der Waals surface area contributed by atoms with Gasteiger partial charge in [-0.05, 0) is 57.5 Å². The zero-order valence-corrected chi connectivity index (χ0v) is 17.4. The number of hydrogen-bond acceptors (Lipinski definition) is 5. The van der Waals surface area contributed by atoms with Crippen LogP contribution in [0.25, 0.3) is 27.8 Å². The molecule has 4 heterocycles. The van der Waals surface area contributed by atoms with Crippen LogP contribution in [0.1, 0.15) is 34.5 Å². The smallest absolute Gasteiger partial charge is 0.253 e. The fourth-order valence-corrected chi connectivity index (χ4v) is 4.23. The van der Waals surface area contributed by atoms with Crippen molar-refractivity contribution in [3.63, 3.8) is 0 Å². The van der Waals surface area contributed by atoms with Gasteiger partial charge < -0.3 is 10.6 Å². The van der Waals surface area contributed by atoms with Gasteiger partial charge in [-0.2, -0.15) is 10.2 Å². The topological polar surface area (TPSA) is 89.1 Å². The molecular weight excluding hydrogens is 378 g/mol. The van der Waals surface area contributed by atoms with E-state index in [-0.39, 0.29) is 11.9 Å². The molecule has 4 aromatic rings. The number of piperidine rings is 1. The third-order valence-corrected chi connectivity index (χ3v) is 5.72. The van der Waals surface area contributed by atoms with Gasteiger partial charge in [-0.1, -0.05) is 6.07 Å². The lowest BCUT2D eigenvalue weighted by molar-refractivity contribution is 0.0931.